The molecule has 18 heavy (non-hydrogen) atoms. The third-order valence-corrected chi connectivity index (χ3v) is 2.74. The molecule has 0 aromatic heterocycles. The van der Waals surface area contributed by atoms with E-state index in [2.05, 4.69) is 10.6 Å². The van der Waals surface area contributed by atoms with E-state index < -0.39 is 0 Å². The van der Waals surface area contributed by atoms with Gasteiger partial charge in [-0.1, -0.05) is 17.7 Å². The van der Waals surface area contributed by atoms with Gasteiger partial charge in [0.05, 0.1) is 17.3 Å². The molecule has 1 amide bonds. The molecule has 0 saturated carbocycles. The number of anilines is 1. The first-order valence-corrected chi connectivity index (χ1v) is 6.27. The highest BCUT2D eigenvalue weighted by Crippen LogP contribution is 2.22. The predicted octanol–water partition coefficient (Wildman–Crippen LogP) is 2.21. The van der Waals surface area contributed by atoms with Gasteiger partial charge in [0, 0.05) is 20.3 Å². The van der Waals surface area contributed by atoms with Gasteiger partial charge in [-0.3, -0.25) is 4.79 Å². The number of hydrogen-bond donors (Lipinski definition) is 2. The van der Waals surface area contributed by atoms with E-state index in [4.69, 9.17) is 16.3 Å². The summed E-state index contributed by atoms with van der Waals surface area (Å²) in [5.74, 6) is -0.0522. The van der Waals surface area contributed by atoms with Crippen LogP contribution >= 0.6 is 11.6 Å². The third kappa shape index (κ3) is 5.38. The summed E-state index contributed by atoms with van der Waals surface area (Å²) in [7, 11) is 1.64. The van der Waals surface area contributed by atoms with Crippen molar-refractivity contribution in [3.63, 3.8) is 0 Å². The fraction of sp³-hybridized carbons (Fsp3) is 0.462. The first kappa shape index (κ1) is 14.8. The minimum atomic E-state index is -0.0522. The van der Waals surface area contributed by atoms with Crippen LogP contribution in [0, 0.1) is 6.92 Å². The minimum Gasteiger partial charge on any atom is -0.385 e. The molecule has 0 heterocycles. The van der Waals surface area contributed by atoms with Crippen molar-refractivity contribution in [2.45, 2.75) is 13.3 Å². The lowest BCUT2D eigenvalue weighted by Gasteiger charge is -2.09. The number of carbonyl (C=O) groups excluding carboxylic acids is 1. The summed E-state index contributed by atoms with van der Waals surface area (Å²) >= 11 is 6.01. The van der Waals surface area contributed by atoms with Crippen LogP contribution in [0.1, 0.15) is 12.0 Å². The van der Waals surface area contributed by atoms with Crippen LogP contribution in [-0.2, 0) is 9.53 Å². The number of benzene rings is 1. The van der Waals surface area contributed by atoms with Gasteiger partial charge in [-0.15, -0.1) is 0 Å². The molecule has 0 spiro atoms. The fourth-order valence-corrected chi connectivity index (χ4v) is 1.64. The summed E-state index contributed by atoms with van der Waals surface area (Å²) in [5.41, 5.74) is 1.88. The number of halogens is 1. The van der Waals surface area contributed by atoms with Crippen molar-refractivity contribution in [1.29, 1.82) is 0 Å². The van der Waals surface area contributed by atoms with Gasteiger partial charge in [-0.05, 0) is 31.0 Å². The van der Waals surface area contributed by atoms with Crippen molar-refractivity contribution in [2.24, 2.45) is 0 Å². The number of rotatable bonds is 7. The van der Waals surface area contributed by atoms with Crippen LogP contribution in [0.2, 0.25) is 5.02 Å². The van der Waals surface area contributed by atoms with E-state index >= 15 is 0 Å². The minimum absolute atomic E-state index is 0.0522. The molecule has 0 aliphatic heterocycles. The van der Waals surface area contributed by atoms with Gasteiger partial charge >= 0.3 is 0 Å². The van der Waals surface area contributed by atoms with E-state index in [0.717, 1.165) is 17.7 Å². The maximum atomic E-state index is 11.5. The van der Waals surface area contributed by atoms with Crippen LogP contribution in [-0.4, -0.2) is 32.7 Å². The Morgan fingerprint density at radius 2 is 2.22 bits per heavy atom. The van der Waals surface area contributed by atoms with Gasteiger partial charge in [0.25, 0.3) is 0 Å². The molecule has 0 unspecified atom stereocenters. The summed E-state index contributed by atoms with van der Waals surface area (Å²) in [6.07, 6.45) is 0.813. The van der Waals surface area contributed by atoms with Crippen LogP contribution < -0.4 is 10.6 Å². The molecule has 100 valence electrons. The number of methoxy groups -OCH3 is 1. The molecular formula is C13H19ClN2O2. The van der Waals surface area contributed by atoms with E-state index in [0.29, 0.717) is 18.2 Å². The van der Waals surface area contributed by atoms with Crippen molar-refractivity contribution < 1.29 is 9.53 Å². The van der Waals surface area contributed by atoms with Gasteiger partial charge in [0.15, 0.2) is 0 Å². The smallest absolute Gasteiger partial charge is 0.239 e. The van der Waals surface area contributed by atoms with Gasteiger partial charge in [-0.2, -0.15) is 0 Å². The van der Waals surface area contributed by atoms with E-state index in [1.165, 1.54) is 0 Å². The van der Waals surface area contributed by atoms with Crippen molar-refractivity contribution >= 4 is 23.2 Å². The lowest BCUT2D eigenvalue weighted by molar-refractivity contribution is -0.119. The number of aryl methyl sites for hydroxylation is 1. The second kappa shape index (κ2) is 7.95. The lowest BCUT2D eigenvalue weighted by Crippen LogP contribution is -2.31. The summed E-state index contributed by atoms with van der Waals surface area (Å²) in [4.78, 5) is 11.5. The Labute approximate surface area is 113 Å². The molecule has 5 heteroatoms. The molecule has 0 aliphatic carbocycles. The average molecular weight is 271 g/mol. The van der Waals surface area contributed by atoms with E-state index in [1.807, 2.05) is 25.1 Å². The largest absolute Gasteiger partial charge is 0.385 e. The number of amides is 1. The van der Waals surface area contributed by atoms with Crippen LogP contribution in [0.25, 0.3) is 0 Å². The van der Waals surface area contributed by atoms with E-state index in [9.17, 15) is 4.79 Å². The Balaban J connectivity index is 2.31. The molecule has 4 nitrogen and oxygen atoms in total. The topological polar surface area (TPSA) is 50.4 Å². The molecule has 0 radical (unpaired) electrons. The quantitative estimate of drug-likeness (QED) is 0.747. The van der Waals surface area contributed by atoms with E-state index in [-0.39, 0.29) is 12.5 Å². The highest BCUT2D eigenvalue weighted by atomic mass is 35.5. The highest BCUT2D eigenvalue weighted by molar-refractivity contribution is 6.33. The molecule has 1 aromatic rings. The van der Waals surface area contributed by atoms with Gasteiger partial charge in [0.2, 0.25) is 5.91 Å². The Hall–Kier alpha value is -1.26. The average Bonchev–Trinajstić information content (AvgIpc) is 2.36. The molecule has 0 fully saturated rings. The molecule has 0 aliphatic rings. The number of nitrogens with one attached hydrogen (secondary N) is 2. The second-order valence-corrected chi connectivity index (χ2v) is 4.44. The standard InChI is InChI=1S/C13H19ClN2O2/c1-10-4-5-11(14)12(8-10)16-9-13(17)15-6-3-7-18-2/h4-5,8,16H,3,6-7,9H2,1-2H3,(H,15,17). The lowest BCUT2D eigenvalue weighted by atomic mass is 10.2. The maximum absolute atomic E-state index is 11.5. The zero-order chi connectivity index (χ0) is 13.4. The Morgan fingerprint density at radius 1 is 1.44 bits per heavy atom. The SMILES string of the molecule is COCCCNC(=O)CNc1cc(C)ccc1Cl. The molecule has 2 N–H and O–H groups in total. The molecule has 1 aromatic carbocycles. The van der Waals surface area contributed by atoms with Crippen molar-refractivity contribution in [1.82, 2.24) is 5.32 Å². The zero-order valence-electron chi connectivity index (χ0n) is 10.8. The Kier molecular flexibility index (Phi) is 6.54. The number of ether oxygens (including phenoxy) is 1. The molecule has 1 rings (SSSR count). The Morgan fingerprint density at radius 3 is 2.94 bits per heavy atom. The number of carbonyl (C=O) groups is 1. The number of hydrogen-bond acceptors (Lipinski definition) is 3. The van der Waals surface area contributed by atoms with Crippen LogP contribution in [0.3, 0.4) is 0 Å². The molecule has 0 saturated heterocycles. The zero-order valence-corrected chi connectivity index (χ0v) is 11.5. The van der Waals surface area contributed by atoms with Gasteiger partial charge < -0.3 is 15.4 Å². The van der Waals surface area contributed by atoms with Crippen LogP contribution in [0.15, 0.2) is 18.2 Å². The van der Waals surface area contributed by atoms with Crippen molar-refractivity contribution in [3.8, 4) is 0 Å². The summed E-state index contributed by atoms with van der Waals surface area (Å²) in [6, 6.07) is 5.66. The first-order valence-electron chi connectivity index (χ1n) is 5.89. The molecular weight excluding hydrogens is 252 g/mol. The van der Waals surface area contributed by atoms with Crippen LogP contribution in [0.4, 0.5) is 5.69 Å². The molecule has 0 bridgehead atoms. The summed E-state index contributed by atoms with van der Waals surface area (Å²) in [5, 5.41) is 6.43. The first-order chi connectivity index (χ1) is 8.63. The fourth-order valence-electron chi connectivity index (χ4n) is 1.46. The third-order valence-electron chi connectivity index (χ3n) is 2.41. The summed E-state index contributed by atoms with van der Waals surface area (Å²) < 4.78 is 4.90. The van der Waals surface area contributed by atoms with Gasteiger partial charge in [-0.25, -0.2) is 0 Å². The summed E-state index contributed by atoms with van der Waals surface area (Å²) in [6.45, 7) is 3.47. The van der Waals surface area contributed by atoms with Gasteiger partial charge in [0.1, 0.15) is 0 Å². The van der Waals surface area contributed by atoms with Crippen LogP contribution in [0.5, 0.6) is 0 Å². The van der Waals surface area contributed by atoms with E-state index in [1.54, 1.807) is 7.11 Å². The molecule has 0 atom stereocenters. The maximum Gasteiger partial charge on any atom is 0.239 e. The second-order valence-electron chi connectivity index (χ2n) is 4.03. The highest BCUT2D eigenvalue weighted by Gasteiger charge is 2.03. The van der Waals surface area contributed by atoms with Crippen molar-refractivity contribution in [2.75, 3.05) is 32.1 Å². The normalized spacial score (nSPS) is 10.2. The monoisotopic (exact) mass is 270 g/mol. The Bertz CT molecular complexity index is 397. The predicted molar refractivity (Wildman–Crippen MR) is 74.2 cm³/mol. The van der Waals surface area contributed by atoms with Crippen molar-refractivity contribution in [3.05, 3.63) is 28.8 Å².